The fourth-order valence-electron chi connectivity index (χ4n) is 3.83. The number of piperidine rings is 1. The Morgan fingerprint density at radius 1 is 1.29 bits per heavy atom. The predicted molar refractivity (Wildman–Crippen MR) is 85.1 cm³/mol. The van der Waals surface area contributed by atoms with E-state index in [-0.39, 0.29) is 11.9 Å². The van der Waals surface area contributed by atoms with Crippen LogP contribution in [0.15, 0.2) is 36.9 Å². The number of carbonyl (C=O) groups is 1. The van der Waals surface area contributed by atoms with Crippen LogP contribution in [0.4, 0.5) is 13.2 Å². The first-order valence-corrected chi connectivity index (χ1v) is 8.20. The Morgan fingerprint density at radius 2 is 2.04 bits per heavy atom. The van der Waals surface area contributed by atoms with Crippen molar-refractivity contribution < 1.29 is 18.0 Å². The van der Waals surface area contributed by atoms with Crippen molar-refractivity contribution in [3.8, 4) is 0 Å². The fraction of sp³-hybridized carbons (Fsp3) is 0.500. The number of hydrogen-bond acceptors (Lipinski definition) is 2. The van der Waals surface area contributed by atoms with Crippen LogP contribution in [-0.4, -0.2) is 41.4 Å². The molecule has 2 aliphatic rings. The van der Waals surface area contributed by atoms with Crippen molar-refractivity contribution in [2.24, 2.45) is 5.92 Å². The number of benzene rings is 1. The molecule has 6 heteroatoms. The van der Waals surface area contributed by atoms with Gasteiger partial charge in [0.15, 0.2) is 0 Å². The Hall–Kier alpha value is -1.82. The highest BCUT2D eigenvalue weighted by atomic mass is 19.4. The van der Waals surface area contributed by atoms with E-state index < -0.39 is 11.7 Å². The van der Waals surface area contributed by atoms with Gasteiger partial charge in [-0.1, -0.05) is 24.8 Å². The summed E-state index contributed by atoms with van der Waals surface area (Å²) in [6.45, 7) is 6.25. The third-order valence-electron chi connectivity index (χ3n) is 5.10. The van der Waals surface area contributed by atoms with E-state index in [2.05, 4.69) is 11.5 Å². The Bertz CT molecular complexity index is 629. The number of fused-ring (bicyclic) bond motifs is 1. The van der Waals surface area contributed by atoms with Gasteiger partial charge in [0.2, 0.25) is 5.91 Å². The first kappa shape index (κ1) is 17.0. The van der Waals surface area contributed by atoms with Crippen LogP contribution in [0.5, 0.6) is 0 Å². The maximum Gasteiger partial charge on any atom is 0.416 e. The molecule has 0 N–H and O–H groups in total. The summed E-state index contributed by atoms with van der Waals surface area (Å²) in [5.41, 5.74) is 0.0560. The topological polar surface area (TPSA) is 23.6 Å². The number of rotatable bonds is 3. The van der Waals surface area contributed by atoms with E-state index >= 15 is 0 Å². The van der Waals surface area contributed by atoms with E-state index in [1.54, 1.807) is 11.0 Å². The van der Waals surface area contributed by atoms with Crippen LogP contribution in [0, 0.1) is 5.92 Å². The van der Waals surface area contributed by atoms with Crippen LogP contribution >= 0.6 is 0 Å². The highest BCUT2D eigenvalue weighted by molar-refractivity contribution is 5.87. The van der Waals surface area contributed by atoms with E-state index in [9.17, 15) is 18.0 Å². The van der Waals surface area contributed by atoms with Crippen LogP contribution in [-0.2, 0) is 17.5 Å². The molecule has 0 radical (unpaired) electrons. The van der Waals surface area contributed by atoms with Crippen LogP contribution in [0.3, 0.4) is 0 Å². The van der Waals surface area contributed by atoms with Crippen molar-refractivity contribution >= 4 is 5.91 Å². The average Bonchev–Trinajstić information content (AvgIpc) is 2.96. The highest BCUT2D eigenvalue weighted by Gasteiger charge is 2.39. The summed E-state index contributed by atoms with van der Waals surface area (Å²) < 4.78 is 38.6. The summed E-state index contributed by atoms with van der Waals surface area (Å²) in [7, 11) is 0. The van der Waals surface area contributed by atoms with Gasteiger partial charge in [0.25, 0.3) is 0 Å². The molecule has 2 fully saturated rings. The van der Waals surface area contributed by atoms with Gasteiger partial charge in [0.1, 0.15) is 0 Å². The number of alkyl halides is 3. The molecule has 2 aliphatic heterocycles. The first-order valence-electron chi connectivity index (χ1n) is 8.20. The minimum absolute atomic E-state index is 0.0700. The zero-order valence-corrected chi connectivity index (χ0v) is 13.4. The molecule has 2 atom stereocenters. The number of likely N-dealkylation sites (tertiary alicyclic amines) is 2. The van der Waals surface area contributed by atoms with E-state index in [1.807, 2.05) is 0 Å². The van der Waals surface area contributed by atoms with Gasteiger partial charge in [-0.25, -0.2) is 0 Å². The van der Waals surface area contributed by atoms with Crippen molar-refractivity contribution in [1.29, 1.82) is 0 Å². The Morgan fingerprint density at radius 3 is 2.75 bits per heavy atom. The number of amides is 1. The lowest BCUT2D eigenvalue weighted by molar-refractivity contribution is -0.137. The van der Waals surface area contributed by atoms with Gasteiger partial charge in [0.05, 0.1) is 5.56 Å². The largest absolute Gasteiger partial charge is 0.416 e. The van der Waals surface area contributed by atoms with Gasteiger partial charge in [0, 0.05) is 25.7 Å². The van der Waals surface area contributed by atoms with Crippen molar-refractivity contribution in [1.82, 2.24) is 9.80 Å². The highest BCUT2D eigenvalue weighted by Crippen LogP contribution is 2.34. The molecule has 2 heterocycles. The molecular weight excluding hydrogens is 317 g/mol. The maximum atomic E-state index is 12.9. The van der Waals surface area contributed by atoms with E-state index in [4.69, 9.17) is 0 Å². The summed E-state index contributed by atoms with van der Waals surface area (Å²) in [5, 5.41) is 0. The van der Waals surface area contributed by atoms with Crippen molar-refractivity contribution in [2.75, 3.05) is 19.6 Å². The SMILES string of the molecule is C=CC(=O)N1CCC2CCN(Cc3cccc(C(F)(F)F)c3)[C@@H]2C1. The molecule has 0 aromatic heterocycles. The molecule has 2 saturated heterocycles. The molecule has 130 valence electrons. The molecule has 0 bridgehead atoms. The van der Waals surface area contributed by atoms with Gasteiger partial charge in [-0.2, -0.15) is 13.2 Å². The quantitative estimate of drug-likeness (QED) is 0.790. The molecule has 1 amide bonds. The van der Waals surface area contributed by atoms with Crippen LogP contribution in [0.1, 0.15) is 24.0 Å². The van der Waals surface area contributed by atoms with E-state index in [1.165, 1.54) is 18.2 Å². The van der Waals surface area contributed by atoms with E-state index in [0.29, 0.717) is 24.6 Å². The normalized spacial score (nSPS) is 24.7. The lowest BCUT2D eigenvalue weighted by Gasteiger charge is -2.38. The third-order valence-corrected chi connectivity index (χ3v) is 5.10. The molecule has 3 rings (SSSR count). The second-order valence-electron chi connectivity index (χ2n) is 6.56. The molecule has 1 unspecified atom stereocenters. The molecule has 0 aliphatic carbocycles. The summed E-state index contributed by atoms with van der Waals surface area (Å²) in [6, 6.07) is 5.74. The minimum Gasteiger partial charge on any atom is -0.338 e. The minimum atomic E-state index is -4.32. The molecule has 24 heavy (non-hydrogen) atoms. The van der Waals surface area contributed by atoms with Gasteiger partial charge in [-0.05, 0) is 43.0 Å². The van der Waals surface area contributed by atoms with Crippen LogP contribution in [0.2, 0.25) is 0 Å². The lowest BCUT2D eigenvalue weighted by Crippen LogP contribution is -2.49. The van der Waals surface area contributed by atoms with Gasteiger partial charge < -0.3 is 4.90 Å². The predicted octanol–water partition coefficient (Wildman–Crippen LogP) is 3.31. The third kappa shape index (κ3) is 3.48. The number of hydrogen-bond donors (Lipinski definition) is 0. The summed E-state index contributed by atoms with van der Waals surface area (Å²) in [4.78, 5) is 15.8. The number of nitrogens with zero attached hydrogens (tertiary/aromatic N) is 2. The fourth-order valence-corrected chi connectivity index (χ4v) is 3.83. The lowest BCUT2D eigenvalue weighted by atomic mass is 9.92. The van der Waals surface area contributed by atoms with Crippen LogP contribution < -0.4 is 0 Å². The first-order chi connectivity index (χ1) is 11.4. The summed E-state index contributed by atoms with van der Waals surface area (Å²) >= 11 is 0. The number of carbonyl (C=O) groups excluding carboxylic acids is 1. The maximum absolute atomic E-state index is 12.9. The molecular formula is C18H21F3N2O. The number of halogens is 3. The van der Waals surface area contributed by atoms with Crippen LogP contribution in [0.25, 0.3) is 0 Å². The zero-order chi connectivity index (χ0) is 17.3. The molecule has 3 nitrogen and oxygen atoms in total. The Balaban J connectivity index is 1.71. The van der Waals surface area contributed by atoms with Gasteiger partial charge >= 0.3 is 6.18 Å². The molecule has 0 saturated carbocycles. The standard InChI is InChI=1S/C18H21F3N2O/c1-2-17(24)23-9-7-14-6-8-22(16(14)12-23)11-13-4-3-5-15(10-13)18(19,20)21/h2-5,10,14,16H,1,6-9,11-12H2/t14?,16-/m1/s1. The van der Waals surface area contributed by atoms with E-state index in [0.717, 1.165) is 32.0 Å². The smallest absolute Gasteiger partial charge is 0.338 e. The summed E-state index contributed by atoms with van der Waals surface area (Å²) in [6.07, 6.45) is -1.00. The summed E-state index contributed by atoms with van der Waals surface area (Å²) in [5.74, 6) is 0.448. The Kier molecular flexibility index (Phi) is 4.67. The van der Waals surface area contributed by atoms with Crippen molar-refractivity contribution in [3.05, 3.63) is 48.0 Å². The second-order valence-corrected chi connectivity index (χ2v) is 6.56. The second kappa shape index (κ2) is 6.59. The molecule has 0 spiro atoms. The molecule has 1 aromatic rings. The van der Waals surface area contributed by atoms with Crippen molar-refractivity contribution in [3.63, 3.8) is 0 Å². The van der Waals surface area contributed by atoms with Gasteiger partial charge in [-0.3, -0.25) is 9.69 Å². The molecule has 1 aromatic carbocycles. The average molecular weight is 338 g/mol. The zero-order valence-electron chi connectivity index (χ0n) is 13.4. The van der Waals surface area contributed by atoms with Gasteiger partial charge in [-0.15, -0.1) is 0 Å². The Labute approximate surface area is 139 Å². The monoisotopic (exact) mass is 338 g/mol. The van der Waals surface area contributed by atoms with Crippen molar-refractivity contribution in [2.45, 2.75) is 31.6 Å².